The van der Waals surface area contributed by atoms with Crippen molar-refractivity contribution in [1.29, 1.82) is 0 Å². The molecule has 0 spiro atoms. The third-order valence-corrected chi connectivity index (χ3v) is 1.36. The van der Waals surface area contributed by atoms with Crippen molar-refractivity contribution in [3.05, 3.63) is 12.3 Å². The first-order valence-corrected chi connectivity index (χ1v) is 3.75. The van der Waals surface area contributed by atoms with Gasteiger partial charge in [-0.2, -0.15) is 0 Å². The van der Waals surface area contributed by atoms with Crippen LogP contribution in [0, 0.1) is 0 Å². The highest BCUT2D eigenvalue weighted by Crippen LogP contribution is 2.02. The average Bonchev–Trinajstić information content (AvgIpc) is 2.04. The van der Waals surface area contributed by atoms with Gasteiger partial charge in [0.05, 0.1) is 6.42 Å². The van der Waals surface area contributed by atoms with E-state index in [1.165, 1.54) is 19.2 Å². The van der Waals surface area contributed by atoms with Crippen molar-refractivity contribution < 1.29 is 19.4 Å². The Balaban J connectivity index is 2.55. The van der Waals surface area contributed by atoms with E-state index in [4.69, 9.17) is 5.11 Å². The van der Waals surface area contributed by atoms with Crippen molar-refractivity contribution in [3.63, 3.8) is 0 Å². The maximum Gasteiger partial charge on any atom is 0.341 e. The van der Waals surface area contributed by atoms with E-state index in [1.54, 1.807) is 0 Å². The molecule has 1 unspecified atom stereocenters. The molecule has 0 aliphatic carbocycles. The van der Waals surface area contributed by atoms with Crippen LogP contribution in [0.3, 0.4) is 0 Å². The highest BCUT2D eigenvalue weighted by Gasteiger charge is 2.17. The van der Waals surface area contributed by atoms with E-state index in [-0.39, 0.29) is 18.1 Å². The first-order valence-electron chi connectivity index (χ1n) is 3.75. The van der Waals surface area contributed by atoms with Crippen LogP contribution in [0.25, 0.3) is 0 Å². The van der Waals surface area contributed by atoms with Gasteiger partial charge in [0.15, 0.2) is 5.78 Å². The van der Waals surface area contributed by atoms with E-state index in [1.807, 2.05) is 0 Å². The number of carbonyl (C=O) groups is 2. The zero-order chi connectivity index (χ0) is 9.84. The van der Waals surface area contributed by atoms with E-state index in [0.717, 1.165) is 0 Å². The van der Waals surface area contributed by atoms with E-state index in [9.17, 15) is 9.59 Å². The summed E-state index contributed by atoms with van der Waals surface area (Å²) in [6.45, 7) is 1.28. The van der Waals surface area contributed by atoms with Crippen molar-refractivity contribution >= 4 is 17.7 Å². The molecule has 0 aromatic carbocycles. The molecule has 1 atom stereocenters. The third kappa shape index (κ3) is 2.79. The maximum atomic E-state index is 10.8. The van der Waals surface area contributed by atoms with Gasteiger partial charge in [0.25, 0.3) is 0 Å². The van der Waals surface area contributed by atoms with Gasteiger partial charge in [0.1, 0.15) is 6.10 Å². The second-order valence-corrected chi connectivity index (χ2v) is 2.58. The summed E-state index contributed by atoms with van der Waals surface area (Å²) in [5, 5.41) is 8.78. The topological polar surface area (TPSA) is 76.0 Å². The van der Waals surface area contributed by atoms with Crippen molar-refractivity contribution in [1.82, 2.24) is 0 Å². The van der Waals surface area contributed by atoms with Gasteiger partial charge in [-0.3, -0.25) is 4.79 Å². The second kappa shape index (κ2) is 3.95. The predicted molar refractivity (Wildman–Crippen MR) is 44.0 cm³/mol. The minimum Gasteiger partial charge on any atom is -0.409 e. The number of hydrogen-bond donors (Lipinski definition) is 1. The minimum atomic E-state index is -1.20. The number of ether oxygens (including phenoxy) is 1. The van der Waals surface area contributed by atoms with Crippen LogP contribution in [-0.4, -0.2) is 28.9 Å². The first kappa shape index (κ1) is 9.60. The molecule has 13 heavy (non-hydrogen) atoms. The molecule has 0 radical (unpaired) electrons. The van der Waals surface area contributed by atoms with Gasteiger partial charge in [-0.05, 0) is 6.92 Å². The van der Waals surface area contributed by atoms with Gasteiger partial charge in [-0.1, -0.05) is 0 Å². The minimum absolute atomic E-state index is 0.0263. The Morgan fingerprint density at radius 2 is 2.46 bits per heavy atom. The van der Waals surface area contributed by atoms with Crippen LogP contribution in [0.5, 0.6) is 0 Å². The maximum absolute atomic E-state index is 10.8. The first-order chi connectivity index (χ1) is 6.09. The third-order valence-electron chi connectivity index (χ3n) is 1.36. The largest absolute Gasteiger partial charge is 0.409 e. The zero-order valence-corrected chi connectivity index (χ0v) is 7.06. The fraction of sp³-hybridized carbons (Fsp3) is 0.375. The fourth-order valence-electron chi connectivity index (χ4n) is 0.721. The molecule has 0 saturated carbocycles. The van der Waals surface area contributed by atoms with Crippen molar-refractivity contribution in [2.24, 2.45) is 4.99 Å². The number of nitrogens with zero attached hydrogens (tertiary/aromatic N) is 1. The summed E-state index contributed by atoms with van der Waals surface area (Å²) in [4.78, 5) is 25.3. The molecule has 0 aromatic heterocycles. The van der Waals surface area contributed by atoms with Crippen LogP contribution < -0.4 is 0 Å². The van der Waals surface area contributed by atoms with Crippen LogP contribution in [-0.2, 0) is 14.3 Å². The molecule has 5 nitrogen and oxygen atoms in total. The number of carbonyl (C=O) groups excluding carboxylic acids is 2. The number of allylic oxidation sites excluding steroid dienone is 1. The number of hydrogen-bond acceptors (Lipinski definition) is 5. The Bertz CT molecular complexity index is 291. The molecule has 0 amide bonds. The number of rotatable bonds is 1. The predicted octanol–water partition coefficient (Wildman–Crippen LogP) is -0.205. The highest BCUT2D eigenvalue weighted by molar-refractivity contribution is 6.08. The SMILES string of the molecule is CC(O)C(=O)OC1=NC=CC(=O)C1. The number of esters is 1. The lowest BCUT2D eigenvalue weighted by molar-refractivity contribution is -0.144. The number of aliphatic hydroxyl groups excluding tert-OH is 1. The average molecular weight is 183 g/mol. The lowest BCUT2D eigenvalue weighted by Crippen LogP contribution is -2.24. The molecule has 70 valence electrons. The molecule has 1 aliphatic heterocycles. The summed E-state index contributed by atoms with van der Waals surface area (Å²) in [6, 6.07) is 0. The van der Waals surface area contributed by atoms with Gasteiger partial charge >= 0.3 is 5.97 Å². The van der Waals surface area contributed by atoms with Crippen LogP contribution in [0.1, 0.15) is 13.3 Å². The Kier molecular flexibility index (Phi) is 2.92. The normalized spacial score (nSPS) is 18.0. The molecule has 0 saturated heterocycles. The van der Waals surface area contributed by atoms with Crippen LogP contribution in [0.2, 0.25) is 0 Å². The smallest absolute Gasteiger partial charge is 0.341 e. The summed E-state index contributed by atoms with van der Waals surface area (Å²) < 4.78 is 4.61. The van der Waals surface area contributed by atoms with Crippen LogP contribution in [0.15, 0.2) is 17.3 Å². The molecule has 1 aliphatic rings. The fourth-order valence-corrected chi connectivity index (χ4v) is 0.721. The van der Waals surface area contributed by atoms with E-state index < -0.39 is 12.1 Å². The standard InChI is InChI=1S/C8H9NO4/c1-5(10)8(12)13-7-4-6(11)2-3-9-7/h2-3,5,10H,4H2,1H3. The number of ketones is 1. The van der Waals surface area contributed by atoms with Gasteiger partial charge in [0, 0.05) is 12.3 Å². The van der Waals surface area contributed by atoms with Crippen LogP contribution >= 0.6 is 0 Å². The summed E-state index contributed by atoms with van der Waals surface area (Å²) in [5.74, 6) is -0.955. The lowest BCUT2D eigenvalue weighted by atomic mass is 10.2. The molecule has 0 aromatic rings. The molecular weight excluding hydrogens is 174 g/mol. The Morgan fingerprint density at radius 1 is 1.77 bits per heavy atom. The van der Waals surface area contributed by atoms with Gasteiger partial charge in [-0.25, -0.2) is 9.79 Å². The lowest BCUT2D eigenvalue weighted by Gasteiger charge is -2.08. The Labute approximate surface area is 74.7 Å². The van der Waals surface area contributed by atoms with Crippen molar-refractivity contribution in [2.45, 2.75) is 19.4 Å². The van der Waals surface area contributed by atoms with E-state index in [2.05, 4.69) is 9.73 Å². The molecule has 1 heterocycles. The molecule has 5 heteroatoms. The summed E-state index contributed by atoms with van der Waals surface area (Å²) >= 11 is 0. The summed E-state index contributed by atoms with van der Waals surface area (Å²) in [6.07, 6.45) is 1.31. The zero-order valence-electron chi connectivity index (χ0n) is 7.06. The molecule has 0 bridgehead atoms. The van der Waals surface area contributed by atoms with Gasteiger partial charge in [-0.15, -0.1) is 0 Å². The van der Waals surface area contributed by atoms with E-state index >= 15 is 0 Å². The number of aliphatic hydroxyl groups is 1. The molecule has 0 fully saturated rings. The molecule has 1 N–H and O–H groups in total. The monoisotopic (exact) mass is 183 g/mol. The van der Waals surface area contributed by atoms with Gasteiger partial charge < -0.3 is 9.84 Å². The second-order valence-electron chi connectivity index (χ2n) is 2.58. The van der Waals surface area contributed by atoms with E-state index in [0.29, 0.717) is 0 Å². The van der Waals surface area contributed by atoms with Crippen molar-refractivity contribution in [3.8, 4) is 0 Å². The molecular formula is C8H9NO4. The number of aliphatic imine (C=N–C) groups is 1. The Hall–Kier alpha value is -1.49. The van der Waals surface area contributed by atoms with Gasteiger partial charge in [0.2, 0.25) is 5.90 Å². The molecule has 1 rings (SSSR count). The quantitative estimate of drug-likeness (QED) is 0.571. The summed E-state index contributed by atoms with van der Waals surface area (Å²) in [7, 11) is 0. The summed E-state index contributed by atoms with van der Waals surface area (Å²) in [5.41, 5.74) is 0. The Morgan fingerprint density at radius 3 is 3.00 bits per heavy atom. The van der Waals surface area contributed by atoms with Crippen molar-refractivity contribution in [2.75, 3.05) is 0 Å². The highest BCUT2D eigenvalue weighted by atomic mass is 16.6. The van der Waals surface area contributed by atoms with Crippen LogP contribution in [0.4, 0.5) is 0 Å².